The van der Waals surface area contributed by atoms with E-state index in [-0.39, 0.29) is 0 Å². The van der Waals surface area contributed by atoms with Crippen LogP contribution < -0.4 is 0 Å². The third-order valence-electron chi connectivity index (χ3n) is 3.16. The predicted molar refractivity (Wildman–Crippen MR) is 78.6 cm³/mol. The molecule has 0 unspecified atom stereocenters. The van der Waals surface area contributed by atoms with Gasteiger partial charge in [0.2, 0.25) is 0 Å². The average molecular weight is 256 g/mol. The molecule has 2 heterocycles. The molecule has 2 aromatic heterocycles. The van der Waals surface area contributed by atoms with E-state index in [0.29, 0.717) is 6.54 Å². The van der Waals surface area contributed by atoms with Crippen molar-refractivity contribution in [3.8, 4) is 0 Å². The highest BCUT2D eigenvalue weighted by Crippen LogP contribution is 2.15. The second-order valence-corrected chi connectivity index (χ2v) is 4.48. The summed E-state index contributed by atoms with van der Waals surface area (Å²) in [4.78, 5) is 4.58. The highest BCUT2D eigenvalue weighted by atomic mass is 15.3. The first-order valence-electron chi connectivity index (χ1n) is 6.57. The Hall–Kier alpha value is -2.10. The standard InChI is InChI=1S/C15H20N4/c1-5-12(4)13-8-16-19(9-13)11-14-10-18(7-3)15(6-2)17-14/h7-10H,3-6,11H2,1-2H3. The van der Waals surface area contributed by atoms with E-state index < -0.39 is 0 Å². The number of hydrogen-bond acceptors (Lipinski definition) is 2. The Kier molecular flexibility index (Phi) is 4.00. The van der Waals surface area contributed by atoms with Gasteiger partial charge < -0.3 is 4.57 Å². The van der Waals surface area contributed by atoms with Crippen molar-refractivity contribution >= 4 is 11.8 Å². The first kappa shape index (κ1) is 13.3. The van der Waals surface area contributed by atoms with Crippen molar-refractivity contribution in [2.24, 2.45) is 0 Å². The summed E-state index contributed by atoms with van der Waals surface area (Å²) in [6.45, 7) is 12.7. The van der Waals surface area contributed by atoms with Gasteiger partial charge in [0, 0.05) is 30.6 Å². The largest absolute Gasteiger partial charge is 0.311 e. The molecule has 2 aromatic rings. The Morgan fingerprint density at radius 3 is 2.74 bits per heavy atom. The summed E-state index contributed by atoms with van der Waals surface area (Å²) < 4.78 is 3.86. The zero-order chi connectivity index (χ0) is 13.8. The van der Waals surface area contributed by atoms with Crippen molar-refractivity contribution < 1.29 is 0 Å². The molecule has 0 saturated carbocycles. The molecule has 4 nitrogen and oxygen atoms in total. The molecule has 0 atom stereocenters. The van der Waals surface area contributed by atoms with E-state index >= 15 is 0 Å². The summed E-state index contributed by atoms with van der Waals surface area (Å²) in [6.07, 6.45) is 9.49. The van der Waals surface area contributed by atoms with Crippen LogP contribution in [0.2, 0.25) is 0 Å². The molecule has 0 aliphatic carbocycles. The Morgan fingerprint density at radius 1 is 1.37 bits per heavy atom. The van der Waals surface area contributed by atoms with Gasteiger partial charge >= 0.3 is 0 Å². The molecule has 0 bridgehead atoms. The number of aromatic nitrogens is 4. The molecule has 100 valence electrons. The van der Waals surface area contributed by atoms with Crippen LogP contribution in [0, 0.1) is 0 Å². The second-order valence-electron chi connectivity index (χ2n) is 4.48. The van der Waals surface area contributed by atoms with Gasteiger partial charge in [-0.1, -0.05) is 27.0 Å². The highest BCUT2D eigenvalue weighted by Gasteiger charge is 2.07. The molecule has 0 amide bonds. The maximum absolute atomic E-state index is 4.58. The van der Waals surface area contributed by atoms with Gasteiger partial charge in [-0.3, -0.25) is 4.68 Å². The van der Waals surface area contributed by atoms with Crippen LogP contribution >= 0.6 is 0 Å². The SMILES string of the molecule is C=Cn1cc(Cn2cc(C(=C)CC)cn2)nc1CC. The first-order chi connectivity index (χ1) is 9.17. The van der Waals surface area contributed by atoms with Gasteiger partial charge in [0.15, 0.2) is 0 Å². The minimum Gasteiger partial charge on any atom is -0.311 e. The first-order valence-corrected chi connectivity index (χ1v) is 6.57. The number of imidazole rings is 1. The Balaban J connectivity index is 2.17. The fourth-order valence-corrected chi connectivity index (χ4v) is 1.99. The summed E-state index contributed by atoms with van der Waals surface area (Å²) in [5, 5.41) is 4.35. The lowest BCUT2D eigenvalue weighted by atomic mass is 10.1. The van der Waals surface area contributed by atoms with E-state index in [1.165, 1.54) is 0 Å². The topological polar surface area (TPSA) is 35.6 Å². The van der Waals surface area contributed by atoms with E-state index in [1.54, 1.807) is 6.20 Å². The van der Waals surface area contributed by atoms with E-state index in [4.69, 9.17) is 0 Å². The van der Waals surface area contributed by atoms with E-state index in [2.05, 4.69) is 37.1 Å². The Morgan fingerprint density at radius 2 is 2.16 bits per heavy atom. The minimum absolute atomic E-state index is 0.671. The molecule has 0 radical (unpaired) electrons. The smallest absolute Gasteiger partial charge is 0.112 e. The molecule has 0 aromatic carbocycles. The lowest BCUT2D eigenvalue weighted by Gasteiger charge is -1.97. The number of aryl methyl sites for hydroxylation is 1. The van der Waals surface area contributed by atoms with Crippen LogP contribution in [0.25, 0.3) is 11.8 Å². The van der Waals surface area contributed by atoms with Crippen LogP contribution in [0.4, 0.5) is 0 Å². The average Bonchev–Trinajstić information content (AvgIpc) is 3.04. The van der Waals surface area contributed by atoms with Gasteiger partial charge in [0.05, 0.1) is 18.4 Å². The molecule has 0 spiro atoms. The summed E-state index contributed by atoms with van der Waals surface area (Å²) in [5.41, 5.74) is 3.20. The van der Waals surface area contributed by atoms with Crippen molar-refractivity contribution in [3.05, 3.63) is 48.8 Å². The van der Waals surface area contributed by atoms with Crippen LogP contribution in [-0.4, -0.2) is 19.3 Å². The fraction of sp³-hybridized carbons (Fsp3) is 0.333. The van der Waals surface area contributed by atoms with E-state index in [0.717, 1.165) is 35.5 Å². The molecule has 0 aliphatic rings. The fourth-order valence-electron chi connectivity index (χ4n) is 1.99. The van der Waals surface area contributed by atoms with Crippen molar-refractivity contribution in [1.29, 1.82) is 0 Å². The summed E-state index contributed by atoms with van der Waals surface area (Å²) in [7, 11) is 0. The highest BCUT2D eigenvalue weighted by molar-refractivity contribution is 5.61. The zero-order valence-electron chi connectivity index (χ0n) is 11.6. The third-order valence-corrected chi connectivity index (χ3v) is 3.16. The van der Waals surface area contributed by atoms with Crippen LogP contribution in [0.5, 0.6) is 0 Å². The van der Waals surface area contributed by atoms with Crippen LogP contribution in [-0.2, 0) is 13.0 Å². The number of allylic oxidation sites excluding steroid dienone is 1. The van der Waals surface area contributed by atoms with Gasteiger partial charge in [-0.05, 0) is 12.0 Å². The molecule has 0 N–H and O–H groups in total. The molecule has 0 aliphatic heterocycles. The van der Waals surface area contributed by atoms with Gasteiger partial charge in [0.25, 0.3) is 0 Å². The van der Waals surface area contributed by atoms with Gasteiger partial charge in [-0.15, -0.1) is 0 Å². The number of rotatable bonds is 6. The molecule has 2 rings (SSSR count). The summed E-state index contributed by atoms with van der Waals surface area (Å²) in [6, 6.07) is 0. The van der Waals surface area contributed by atoms with Crippen LogP contribution in [0.15, 0.2) is 31.7 Å². The Bertz CT molecular complexity index is 589. The lowest BCUT2D eigenvalue weighted by Crippen LogP contribution is -2.00. The van der Waals surface area contributed by atoms with Crippen molar-refractivity contribution in [1.82, 2.24) is 19.3 Å². The summed E-state index contributed by atoms with van der Waals surface area (Å²) in [5.74, 6) is 1.02. The molecule has 19 heavy (non-hydrogen) atoms. The van der Waals surface area contributed by atoms with Crippen molar-refractivity contribution in [3.63, 3.8) is 0 Å². The van der Waals surface area contributed by atoms with Gasteiger partial charge in [0.1, 0.15) is 5.82 Å². The predicted octanol–water partition coefficient (Wildman–Crippen LogP) is 3.21. The number of nitrogens with zero attached hydrogens (tertiary/aromatic N) is 4. The minimum atomic E-state index is 0.671. The van der Waals surface area contributed by atoms with E-state index in [9.17, 15) is 0 Å². The molecule has 0 fully saturated rings. The summed E-state index contributed by atoms with van der Waals surface area (Å²) >= 11 is 0. The van der Waals surface area contributed by atoms with Gasteiger partial charge in [-0.2, -0.15) is 5.10 Å². The maximum Gasteiger partial charge on any atom is 0.112 e. The second kappa shape index (κ2) is 5.69. The maximum atomic E-state index is 4.58. The van der Waals surface area contributed by atoms with E-state index in [1.807, 2.05) is 27.8 Å². The quantitative estimate of drug-likeness (QED) is 0.795. The third kappa shape index (κ3) is 2.84. The lowest BCUT2D eigenvalue weighted by molar-refractivity contribution is 0.674. The van der Waals surface area contributed by atoms with Crippen LogP contribution in [0.1, 0.15) is 37.4 Å². The van der Waals surface area contributed by atoms with Gasteiger partial charge in [-0.25, -0.2) is 4.98 Å². The molecular formula is C15H20N4. The molecule has 4 heteroatoms. The normalized spacial score (nSPS) is 10.6. The number of hydrogen-bond donors (Lipinski definition) is 0. The van der Waals surface area contributed by atoms with Crippen molar-refractivity contribution in [2.45, 2.75) is 33.2 Å². The van der Waals surface area contributed by atoms with Crippen molar-refractivity contribution in [2.75, 3.05) is 0 Å². The van der Waals surface area contributed by atoms with Crippen LogP contribution in [0.3, 0.4) is 0 Å². The molecular weight excluding hydrogens is 236 g/mol. The monoisotopic (exact) mass is 256 g/mol. The Labute approximate surface area is 114 Å². The zero-order valence-corrected chi connectivity index (χ0v) is 11.6. The molecule has 0 saturated heterocycles.